The van der Waals surface area contributed by atoms with Gasteiger partial charge in [-0.25, -0.2) is 0 Å². The van der Waals surface area contributed by atoms with Crippen molar-refractivity contribution in [3.63, 3.8) is 0 Å². The fraction of sp³-hybridized carbons (Fsp3) is 0.312. The van der Waals surface area contributed by atoms with Crippen molar-refractivity contribution in [2.24, 2.45) is 7.05 Å². The molecule has 2 heterocycles. The van der Waals surface area contributed by atoms with Crippen molar-refractivity contribution in [2.75, 3.05) is 16.8 Å². The quantitative estimate of drug-likeness (QED) is 0.669. The first-order chi connectivity index (χ1) is 11.9. The van der Waals surface area contributed by atoms with E-state index < -0.39 is 11.0 Å². The van der Waals surface area contributed by atoms with Crippen molar-refractivity contribution in [3.8, 4) is 6.07 Å². The predicted octanol–water partition coefficient (Wildman–Crippen LogP) is 1.73. The number of amides is 1. The minimum Gasteiger partial charge on any atom is -0.373 e. The lowest BCUT2D eigenvalue weighted by Crippen LogP contribution is -2.34. The SMILES string of the molecule is Cc1cc(N2CCC(Nc3ccc([N+](=O)[O-])cc3C#N)C2=O)n(C)n1. The number of nitrogens with one attached hydrogen (secondary N) is 1. The van der Waals surface area contributed by atoms with Crippen molar-refractivity contribution in [3.05, 3.63) is 45.6 Å². The molecule has 1 amide bonds. The molecule has 2 aromatic rings. The molecule has 9 nitrogen and oxygen atoms in total. The van der Waals surface area contributed by atoms with Gasteiger partial charge in [-0.15, -0.1) is 0 Å². The molecule has 1 unspecified atom stereocenters. The van der Waals surface area contributed by atoms with Crippen LogP contribution in [0.2, 0.25) is 0 Å². The monoisotopic (exact) mass is 340 g/mol. The summed E-state index contributed by atoms with van der Waals surface area (Å²) in [5.41, 5.74) is 1.21. The molecule has 0 saturated carbocycles. The first-order valence-electron chi connectivity index (χ1n) is 7.68. The highest BCUT2D eigenvalue weighted by molar-refractivity contribution is 6.00. The van der Waals surface area contributed by atoms with Crippen LogP contribution in [0.25, 0.3) is 0 Å². The number of hydrogen-bond donors (Lipinski definition) is 1. The second kappa shape index (κ2) is 6.24. The zero-order chi connectivity index (χ0) is 18.1. The van der Waals surface area contributed by atoms with Crippen LogP contribution in [0.4, 0.5) is 17.2 Å². The van der Waals surface area contributed by atoms with Crippen LogP contribution in [0, 0.1) is 28.4 Å². The summed E-state index contributed by atoms with van der Waals surface area (Å²) < 4.78 is 1.65. The minimum absolute atomic E-state index is 0.120. The van der Waals surface area contributed by atoms with Gasteiger partial charge in [0, 0.05) is 31.8 Å². The normalized spacial score (nSPS) is 16.8. The maximum Gasteiger partial charge on any atom is 0.270 e. The van der Waals surface area contributed by atoms with Crippen LogP contribution in [-0.4, -0.2) is 33.2 Å². The minimum atomic E-state index is -0.558. The van der Waals surface area contributed by atoms with E-state index in [1.54, 1.807) is 16.6 Å². The summed E-state index contributed by atoms with van der Waals surface area (Å²) in [7, 11) is 1.78. The Morgan fingerprint density at radius 3 is 2.80 bits per heavy atom. The molecule has 1 fully saturated rings. The second-order valence-corrected chi connectivity index (χ2v) is 5.84. The fourth-order valence-corrected chi connectivity index (χ4v) is 2.94. The van der Waals surface area contributed by atoms with E-state index in [1.807, 2.05) is 19.1 Å². The van der Waals surface area contributed by atoms with Crippen molar-refractivity contribution in [1.29, 1.82) is 5.26 Å². The number of anilines is 2. The molecule has 1 aliphatic rings. The highest BCUT2D eigenvalue weighted by Gasteiger charge is 2.34. The van der Waals surface area contributed by atoms with E-state index in [1.165, 1.54) is 18.2 Å². The van der Waals surface area contributed by atoms with E-state index in [2.05, 4.69) is 10.4 Å². The molecule has 1 aromatic heterocycles. The highest BCUT2D eigenvalue weighted by Crippen LogP contribution is 2.27. The third kappa shape index (κ3) is 3.01. The maximum atomic E-state index is 12.7. The summed E-state index contributed by atoms with van der Waals surface area (Å²) in [4.78, 5) is 24.6. The van der Waals surface area contributed by atoms with Crippen LogP contribution >= 0.6 is 0 Å². The van der Waals surface area contributed by atoms with Crippen molar-refractivity contribution in [1.82, 2.24) is 9.78 Å². The van der Waals surface area contributed by atoms with Gasteiger partial charge in [0.2, 0.25) is 0 Å². The molecule has 0 aliphatic carbocycles. The molecule has 9 heteroatoms. The zero-order valence-corrected chi connectivity index (χ0v) is 13.8. The van der Waals surface area contributed by atoms with Crippen molar-refractivity contribution in [2.45, 2.75) is 19.4 Å². The van der Waals surface area contributed by atoms with Gasteiger partial charge < -0.3 is 5.32 Å². The summed E-state index contributed by atoms with van der Waals surface area (Å²) >= 11 is 0. The van der Waals surface area contributed by atoms with Crippen LogP contribution < -0.4 is 10.2 Å². The highest BCUT2D eigenvalue weighted by atomic mass is 16.6. The molecule has 1 atom stereocenters. The molecule has 0 radical (unpaired) electrons. The van der Waals surface area contributed by atoms with Crippen molar-refractivity contribution < 1.29 is 9.72 Å². The molecule has 1 N–H and O–H groups in total. The number of nitro groups is 1. The number of nitriles is 1. The van der Waals surface area contributed by atoms with E-state index in [0.717, 1.165) is 11.5 Å². The second-order valence-electron chi connectivity index (χ2n) is 5.84. The molecular weight excluding hydrogens is 324 g/mol. The third-order valence-corrected chi connectivity index (χ3v) is 4.12. The van der Waals surface area contributed by atoms with E-state index in [0.29, 0.717) is 18.7 Å². The molecule has 3 rings (SSSR count). The Labute approximate surface area is 143 Å². The number of rotatable bonds is 4. The average Bonchev–Trinajstić information content (AvgIpc) is 3.09. The Kier molecular flexibility index (Phi) is 4.10. The van der Waals surface area contributed by atoms with Crippen LogP contribution in [-0.2, 0) is 11.8 Å². The van der Waals surface area contributed by atoms with E-state index >= 15 is 0 Å². The Morgan fingerprint density at radius 1 is 1.44 bits per heavy atom. The number of nitrogens with zero attached hydrogens (tertiary/aromatic N) is 5. The Hall–Kier alpha value is -3.41. The number of aryl methyl sites for hydroxylation is 2. The van der Waals surface area contributed by atoms with E-state index in [4.69, 9.17) is 0 Å². The van der Waals surface area contributed by atoms with Crippen LogP contribution in [0.3, 0.4) is 0 Å². The van der Waals surface area contributed by atoms with Crippen LogP contribution in [0.1, 0.15) is 17.7 Å². The summed E-state index contributed by atoms with van der Waals surface area (Å²) in [6, 6.07) is 7.24. The van der Waals surface area contributed by atoms with Gasteiger partial charge in [0.1, 0.15) is 17.9 Å². The maximum absolute atomic E-state index is 12.7. The first-order valence-corrected chi connectivity index (χ1v) is 7.68. The molecular formula is C16H16N6O3. The summed E-state index contributed by atoms with van der Waals surface area (Å²) in [5, 5.41) is 27.3. The lowest BCUT2D eigenvalue weighted by atomic mass is 10.1. The summed E-state index contributed by atoms with van der Waals surface area (Å²) in [6.07, 6.45) is 0.560. The number of carbonyl (C=O) groups is 1. The zero-order valence-electron chi connectivity index (χ0n) is 13.8. The number of hydrogen-bond acceptors (Lipinski definition) is 6. The van der Waals surface area contributed by atoms with Crippen LogP contribution in [0.15, 0.2) is 24.3 Å². The summed E-state index contributed by atoms with van der Waals surface area (Å²) in [5.74, 6) is 0.598. The van der Waals surface area contributed by atoms with E-state index in [-0.39, 0.29) is 17.2 Å². The number of aromatic nitrogens is 2. The lowest BCUT2D eigenvalue weighted by Gasteiger charge is -2.17. The topological polar surface area (TPSA) is 117 Å². The van der Waals surface area contributed by atoms with Gasteiger partial charge in [0.25, 0.3) is 11.6 Å². The fourth-order valence-electron chi connectivity index (χ4n) is 2.94. The number of nitro benzene ring substituents is 1. The molecule has 25 heavy (non-hydrogen) atoms. The van der Waals surface area contributed by atoms with Gasteiger partial charge in [-0.1, -0.05) is 0 Å². The Balaban J connectivity index is 1.81. The molecule has 0 bridgehead atoms. The predicted molar refractivity (Wildman–Crippen MR) is 90.1 cm³/mol. The smallest absolute Gasteiger partial charge is 0.270 e. The average molecular weight is 340 g/mol. The Bertz CT molecular complexity index is 898. The lowest BCUT2D eigenvalue weighted by molar-refractivity contribution is -0.384. The van der Waals surface area contributed by atoms with Gasteiger partial charge in [-0.3, -0.25) is 24.5 Å². The number of non-ortho nitro benzene ring substituents is 1. The van der Waals surface area contributed by atoms with Crippen LogP contribution in [0.5, 0.6) is 0 Å². The molecule has 0 spiro atoms. The van der Waals surface area contributed by atoms with Crippen molar-refractivity contribution >= 4 is 23.1 Å². The van der Waals surface area contributed by atoms with Gasteiger partial charge in [-0.2, -0.15) is 10.4 Å². The van der Waals surface area contributed by atoms with Gasteiger partial charge >= 0.3 is 0 Å². The number of benzene rings is 1. The first kappa shape index (κ1) is 16.4. The van der Waals surface area contributed by atoms with Gasteiger partial charge in [0.05, 0.1) is 21.9 Å². The third-order valence-electron chi connectivity index (χ3n) is 4.12. The largest absolute Gasteiger partial charge is 0.373 e. The van der Waals surface area contributed by atoms with E-state index in [9.17, 15) is 20.2 Å². The molecule has 128 valence electrons. The standard InChI is InChI=1S/C16H16N6O3/c1-10-7-15(20(2)19-10)21-6-5-14(16(21)23)18-13-4-3-12(22(24)25)8-11(13)9-17/h3-4,7-8,14,18H,5-6H2,1-2H3. The summed E-state index contributed by atoms with van der Waals surface area (Å²) in [6.45, 7) is 2.39. The molecule has 1 aromatic carbocycles. The molecule has 1 saturated heterocycles. The Morgan fingerprint density at radius 2 is 2.20 bits per heavy atom. The molecule has 1 aliphatic heterocycles. The number of carbonyl (C=O) groups excluding carboxylic acids is 1. The van der Waals surface area contributed by atoms with Gasteiger partial charge in [0.15, 0.2) is 0 Å². The van der Waals surface area contributed by atoms with Gasteiger partial charge in [-0.05, 0) is 19.4 Å².